The fourth-order valence-electron chi connectivity index (χ4n) is 1.44. The molecule has 1 aromatic rings. The highest BCUT2D eigenvalue weighted by molar-refractivity contribution is 5.88. The lowest BCUT2D eigenvalue weighted by atomic mass is 10.0. The van der Waals surface area contributed by atoms with Crippen LogP contribution < -0.4 is 5.32 Å². The number of aromatic nitrogens is 2. The molecule has 0 radical (unpaired) electrons. The fourth-order valence-corrected chi connectivity index (χ4v) is 1.44. The number of nitrogens with one attached hydrogen (secondary N) is 1. The van der Waals surface area contributed by atoms with Crippen LogP contribution in [0.25, 0.3) is 0 Å². The molecule has 5 N–H and O–H groups in total. The van der Waals surface area contributed by atoms with Crippen molar-refractivity contribution in [2.45, 2.75) is 12.1 Å². The predicted octanol–water partition coefficient (Wildman–Crippen LogP) is -2.08. The van der Waals surface area contributed by atoms with Crippen molar-refractivity contribution in [3.05, 3.63) is 17.5 Å². The SMILES string of the molecule is Cn1ncc(C(=O)O)c1CNC(CO)(CO)CO. The van der Waals surface area contributed by atoms with E-state index in [1.165, 1.54) is 10.9 Å². The van der Waals surface area contributed by atoms with Gasteiger partial charge in [-0.25, -0.2) is 4.79 Å². The molecule has 0 aromatic carbocycles. The molecule has 1 heterocycles. The number of rotatable bonds is 7. The average Bonchev–Trinajstić information content (AvgIpc) is 2.73. The van der Waals surface area contributed by atoms with E-state index in [0.29, 0.717) is 5.69 Å². The standard InChI is InChI=1S/C10H17N3O5/c1-13-8(7(2-12-13)9(17)18)3-11-10(4-14,5-15)6-16/h2,11,14-16H,3-6H2,1H3,(H,17,18). The van der Waals surface area contributed by atoms with Crippen molar-refractivity contribution in [1.29, 1.82) is 0 Å². The predicted molar refractivity (Wildman–Crippen MR) is 61.0 cm³/mol. The fraction of sp³-hybridized carbons (Fsp3) is 0.600. The van der Waals surface area contributed by atoms with Crippen LogP contribution in [0.2, 0.25) is 0 Å². The monoisotopic (exact) mass is 259 g/mol. The molecule has 0 aliphatic heterocycles. The maximum absolute atomic E-state index is 10.9. The summed E-state index contributed by atoms with van der Waals surface area (Å²) in [5.41, 5.74) is -0.824. The second-order valence-corrected chi connectivity index (χ2v) is 4.04. The van der Waals surface area contributed by atoms with Crippen LogP contribution in [0.4, 0.5) is 0 Å². The van der Waals surface area contributed by atoms with Gasteiger partial charge in [-0.2, -0.15) is 5.10 Å². The van der Waals surface area contributed by atoms with Crippen molar-refractivity contribution < 1.29 is 25.2 Å². The van der Waals surface area contributed by atoms with E-state index in [9.17, 15) is 4.79 Å². The summed E-state index contributed by atoms with van der Waals surface area (Å²) in [6.07, 6.45) is 1.22. The number of carbonyl (C=O) groups is 1. The smallest absolute Gasteiger partial charge is 0.339 e. The number of aliphatic hydroxyl groups is 3. The third-order valence-corrected chi connectivity index (χ3v) is 2.83. The summed E-state index contributed by atoms with van der Waals surface area (Å²) in [5, 5.41) is 42.9. The number of hydrogen-bond donors (Lipinski definition) is 5. The van der Waals surface area contributed by atoms with Crippen LogP contribution in [0.15, 0.2) is 6.20 Å². The number of carboxylic acids is 1. The summed E-state index contributed by atoms with van der Waals surface area (Å²) >= 11 is 0. The van der Waals surface area contributed by atoms with Crippen molar-refractivity contribution in [2.75, 3.05) is 19.8 Å². The third kappa shape index (κ3) is 2.85. The number of carboxylic acid groups (broad SMARTS) is 1. The Labute approximate surface area is 103 Å². The lowest BCUT2D eigenvalue weighted by molar-refractivity contribution is 0.0408. The first-order valence-electron chi connectivity index (χ1n) is 5.31. The highest BCUT2D eigenvalue weighted by Crippen LogP contribution is 2.10. The molecule has 0 atom stereocenters. The first kappa shape index (κ1) is 14.6. The van der Waals surface area contributed by atoms with Gasteiger partial charge in [0.25, 0.3) is 0 Å². The first-order chi connectivity index (χ1) is 8.49. The zero-order chi connectivity index (χ0) is 13.8. The van der Waals surface area contributed by atoms with E-state index in [0.717, 1.165) is 0 Å². The Morgan fingerprint density at radius 3 is 2.39 bits per heavy atom. The maximum atomic E-state index is 10.9. The average molecular weight is 259 g/mol. The summed E-state index contributed by atoms with van der Waals surface area (Å²) in [6, 6.07) is 0. The van der Waals surface area contributed by atoms with Gasteiger partial charge in [-0.3, -0.25) is 10.00 Å². The van der Waals surface area contributed by atoms with Crippen molar-refractivity contribution in [1.82, 2.24) is 15.1 Å². The van der Waals surface area contributed by atoms with Crippen LogP contribution in [-0.2, 0) is 13.6 Å². The number of nitrogens with zero attached hydrogens (tertiary/aromatic N) is 2. The molecular formula is C10H17N3O5. The highest BCUT2D eigenvalue weighted by atomic mass is 16.4. The Bertz CT molecular complexity index is 405. The quantitative estimate of drug-likeness (QED) is 0.380. The first-order valence-corrected chi connectivity index (χ1v) is 5.31. The summed E-state index contributed by atoms with van der Waals surface area (Å²) in [4.78, 5) is 10.9. The molecule has 8 nitrogen and oxygen atoms in total. The highest BCUT2D eigenvalue weighted by Gasteiger charge is 2.28. The van der Waals surface area contributed by atoms with Gasteiger partial charge < -0.3 is 20.4 Å². The molecule has 0 unspecified atom stereocenters. The minimum atomic E-state index is -1.25. The maximum Gasteiger partial charge on any atom is 0.339 e. The van der Waals surface area contributed by atoms with Gasteiger partial charge in [-0.05, 0) is 0 Å². The van der Waals surface area contributed by atoms with E-state index in [-0.39, 0.29) is 12.1 Å². The molecule has 0 amide bonds. The molecule has 18 heavy (non-hydrogen) atoms. The van der Waals surface area contributed by atoms with Gasteiger partial charge in [0.1, 0.15) is 5.56 Å². The van der Waals surface area contributed by atoms with Crippen LogP contribution in [0.3, 0.4) is 0 Å². The zero-order valence-corrected chi connectivity index (χ0v) is 10.00. The molecule has 1 aromatic heterocycles. The van der Waals surface area contributed by atoms with Gasteiger partial charge >= 0.3 is 5.97 Å². The molecule has 102 valence electrons. The topological polar surface area (TPSA) is 128 Å². The molecule has 0 saturated carbocycles. The minimum Gasteiger partial charge on any atom is -0.478 e. The van der Waals surface area contributed by atoms with Gasteiger partial charge in [0.15, 0.2) is 0 Å². The van der Waals surface area contributed by atoms with Gasteiger partial charge in [0.05, 0.1) is 37.3 Å². The Balaban J connectivity index is 2.85. The lowest BCUT2D eigenvalue weighted by Gasteiger charge is -2.28. The summed E-state index contributed by atoms with van der Waals surface area (Å²) in [7, 11) is 1.59. The van der Waals surface area contributed by atoms with Crippen LogP contribution in [0.1, 0.15) is 16.1 Å². The molecule has 0 saturated heterocycles. The molecule has 0 spiro atoms. The van der Waals surface area contributed by atoms with Crippen molar-refractivity contribution in [2.24, 2.45) is 7.05 Å². The molecule has 0 bridgehead atoms. The Morgan fingerprint density at radius 1 is 1.39 bits per heavy atom. The Hall–Kier alpha value is -1.48. The number of aliphatic hydroxyl groups excluding tert-OH is 3. The van der Waals surface area contributed by atoms with Gasteiger partial charge in [-0.1, -0.05) is 0 Å². The largest absolute Gasteiger partial charge is 0.478 e. The van der Waals surface area contributed by atoms with E-state index < -0.39 is 31.3 Å². The number of aryl methyl sites for hydroxylation is 1. The number of aromatic carboxylic acids is 1. The van der Waals surface area contributed by atoms with Crippen LogP contribution in [-0.4, -0.2) is 61.5 Å². The van der Waals surface area contributed by atoms with Gasteiger partial charge in [0.2, 0.25) is 0 Å². The molecule has 0 fully saturated rings. The minimum absolute atomic E-state index is 0.0349. The van der Waals surface area contributed by atoms with Crippen molar-refractivity contribution in [3.8, 4) is 0 Å². The summed E-state index contributed by atoms with van der Waals surface area (Å²) < 4.78 is 1.38. The molecule has 1 rings (SSSR count). The molecule has 0 aliphatic rings. The van der Waals surface area contributed by atoms with E-state index in [4.69, 9.17) is 20.4 Å². The lowest BCUT2D eigenvalue weighted by Crippen LogP contribution is -2.54. The van der Waals surface area contributed by atoms with Crippen LogP contribution >= 0.6 is 0 Å². The van der Waals surface area contributed by atoms with Crippen LogP contribution in [0.5, 0.6) is 0 Å². The molecule has 8 heteroatoms. The number of hydrogen-bond acceptors (Lipinski definition) is 6. The van der Waals surface area contributed by atoms with E-state index in [1.807, 2.05) is 0 Å². The molecular weight excluding hydrogens is 242 g/mol. The van der Waals surface area contributed by atoms with E-state index >= 15 is 0 Å². The summed E-state index contributed by atoms with van der Waals surface area (Å²) in [5.74, 6) is -1.11. The van der Waals surface area contributed by atoms with Crippen molar-refractivity contribution >= 4 is 5.97 Å². The normalized spacial score (nSPS) is 11.8. The van der Waals surface area contributed by atoms with E-state index in [2.05, 4.69) is 10.4 Å². The van der Waals surface area contributed by atoms with E-state index in [1.54, 1.807) is 7.05 Å². The second-order valence-electron chi connectivity index (χ2n) is 4.04. The van der Waals surface area contributed by atoms with Gasteiger partial charge in [-0.15, -0.1) is 0 Å². The van der Waals surface area contributed by atoms with Crippen molar-refractivity contribution in [3.63, 3.8) is 0 Å². The molecule has 0 aliphatic carbocycles. The summed E-state index contributed by atoms with van der Waals surface area (Å²) in [6.45, 7) is -1.36. The second kappa shape index (κ2) is 5.91. The van der Waals surface area contributed by atoms with Gasteiger partial charge in [0, 0.05) is 13.6 Å². The Morgan fingerprint density at radius 2 is 1.94 bits per heavy atom. The third-order valence-electron chi connectivity index (χ3n) is 2.83. The Kier molecular flexibility index (Phi) is 4.79. The zero-order valence-electron chi connectivity index (χ0n) is 10.00. The van der Waals surface area contributed by atoms with Crippen LogP contribution in [0, 0.1) is 0 Å².